The molecule has 138 valence electrons. The predicted molar refractivity (Wildman–Crippen MR) is 89.4 cm³/mol. The third-order valence-electron chi connectivity index (χ3n) is 3.24. The summed E-state index contributed by atoms with van der Waals surface area (Å²) in [5, 5.41) is 2.94. The molecule has 0 aliphatic heterocycles. The number of carbonyl (C=O) groups is 1. The van der Waals surface area contributed by atoms with Crippen molar-refractivity contribution in [2.75, 3.05) is 59.4 Å². The molecule has 0 aliphatic carbocycles. The fourth-order valence-electron chi connectivity index (χ4n) is 1.50. The third-order valence-corrected chi connectivity index (χ3v) is 3.24. The number of hydrogen-bond donors (Lipinski definition) is 2. The molecule has 0 aliphatic rings. The molecule has 0 spiro atoms. The largest absolute Gasteiger partial charge is 0.379 e. The lowest BCUT2D eigenvalue weighted by molar-refractivity contribution is -0.123. The van der Waals surface area contributed by atoms with Crippen LogP contribution in [-0.4, -0.2) is 71.3 Å². The summed E-state index contributed by atoms with van der Waals surface area (Å²) < 4.78 is 21.2. The summed E-state index contributed by atoms with van der Waals surface area (Å²) in [5.41, 5.74) is 5.29. The average Bonchev–Trinajstić information content (AvgIpc) is 2.51. The Bertz CT molecular complexity index is 277. The predicted octanol–water partition coefficient (Wildman–Crippen LogP) is 0.562. The van der Waals surface area contributed by atoms with Gasteiger partial charge in [0, 0.05) is 19.0 Å². The van der Waals surface area contributed by atoms with Crippen molar-refractivity contribution >= 4 is 5.91 Å². The van der Waals surface area contributed by atoms with Crippen molar-refractivity contribution in [3.05, 3.63) is 0 Å². The van der Waals surface area contributed by atoms with E-state index in [0.29, 0.717) is 71.7 Å². The maximum absolute atomic E-state index is 11.6. The quantitative estimate of drug-likeness (QED) is 0.401. The normalized spacial score (nSPS) is 12.6. The number of hydrogen-bond acceptors (Lipinski definition) is 6. The van der Waals surface area contributed by atoms with Gasteiger partial charge in [0.15, 0.2) is 0 Å². The second-order valence-corrected chi connectivity index (χ2v) is 5.59. The molecule has 23 heavy (non-hydrogen) atoms. The second kappa shape index (κ2) is 16.1. The molecule has 0 rings (SSSR count). The van der Waals surface area contributed by atoms with Gasteiger partial charge in [-0.25, -0.2) is 0 Å². The third kappa shape index (κ3) is 15.9. The molecule has 0 saturated carbocycles. The summed E-state index contributed by atoms with van der Waals surface area (Å²) in [5.74, 6) is 0.458. The minimum atomic E-state index is 0.0253. The summed E-state index contributed by atoms with van der Waals surface area (Å²) in [6.45, 7) is 10.8. The number of rotatable bonds is 16. The van der Waals surface area contributed by atoms with Crippen molar-refractivity contribution in [2.45, 2.75) is 33.2 Å². The molecule has 0 aromatic heterocycles. The van der Waals surface area contributed by atoms with Crippen molar-refractivity contribution in [3.8, 4) is 0 Å². The van der Waals surface area contributed by atoms with Crippen LogP contribution in [0.1, 0.15) is 27.2 Å². The molecule has 3 N–H and O–H groups in total. The van der Waals surface area contributed by atoms with Crippen LogP contribution in [0.25, 0.3) is 0 Å². The average molecular weight is 334 g/mol. The van der Waals surface area contributed by atoms with Gasteiger partial charge in [0.05, 0.1) is 52.9 Å². The van der Waals surface area contributed by atoms with E-state index in [0.717, 1.165) is 0 Å². The van der Waals surface area contributed by atoms with Crippen molar-refractivity contribution in [1.29, 1.82) is 0 Å². The zero-order valence-corrected chi connectivity index (χ0v) is 14.8. The summed E-state index contributed by atoms with van der Waals surface area (Å²) in [7, 11) is 0. The standard InChI is InChI=1S/C16H34N2O5/c1-14(2)15(3)18-16(19)4-6-20-8-10-22-12-13-23-11-9-21-7-5-17/h14-15H,4-13,17H2,1-3H3,(H,18,19). The fourth-order valence-corrected chi connectivity index (χ4v) is 1.50. The van der Waals surface area contributed by atoms with E-state index in [1.165, 1.54) is 0 Å². The van der Waals surface area contributed by atoms with Gasteiger partial charge in [-0.05, 0) is 12.8 Å². The molecule has 7 heteroatoms. The van der Waals surface area contributed by atoms with Crippen LogP contribution in [0.15, 0.2) is 0 Å². The van der Waals surface area contributed by atoms with Crippen LogP contribution in [0, 0.1) is 5.92 Å². The minimum Gasteiger partial charge on any atom is -0.379 e. The van der Waals surface area contributed by atoms with Crippen LogP contribution in [-0.2, 0) is 23.7 Å². The summed E-state index contributed by atoms with van der Waals surface area (Å²) in [6.07, 6.45) is 0.378. The highest BCUT2D eigenvalue weighted by Crippen LogP contribution is 1.99. The van der Waals surface area contributed by atoms with E-state index in [1.807, 2.05) is 6.92 Å². The van der Waals surface area contributed by atoms with Gasteiger partial charge in [-0.3, -0.25) is 4.79 Å². The van der Waals surface area contributed by atoms with Gasteiger partial charge in [-0.1, -0.05) is 13.8 Å². The van der Waals surface area contributed by atoms with Crippen molar-refractivity contribution in [1.82, 2.24) is 5.32 Å². The van der Waals surface area contributed by atoms with Gasteiger partial charge >= 0.3 is 0 Å². The van der Waals surface area contributed by atoms with Crippen molar-refractivity contribution in [3.63, 3.8) is 0 Å². The first-order chi connectivity index (χ1) is 11.1. The number of amides is 1. The summed E-state index contributed by atoms with van der Waals surface area (Å²) in [6, 6.07) is 0.187. The molecule has 1 amide bonds. The van der Waals surface area contributed by atoms with Crippen LogP contribution < -0.4 is 11.1 Å². The Hall–Kier alpha value is -0.730. The molecule has 0 fully saturated rings. The van der Waals surface area contributed by atoms with Crippen molar-refractivity contribution < 1.29 is 23.7 Å². The highest BCUT2D eigenvalue weighted by molar-refractivity contribution is 5.76. The van der Waals surface area contributed by atoms with Crippen LogP contribution >= 0.6 is 0 Å². The van der Waals surface area contributed by atoms with Gasteiger partial charge in [0.2, 0.25) is 5.91 Å². The lowest BCUT2D eigenvalue weighted by atomic mass is 10.1. The molecule has 0 aromatic rings. The fraction of sp³-hybridized carbons (Fsp3) is 0.938. The first kappa shape index (κ1) is 22.3. The van der Waals surface area contributed by atoms with Crippen molar-refractivity contribution in [2.24, 2.45) is 11.7 Å². The van der Waals surface area contributed by atoms with E-state index < -0.39 is 0 Å². The Balaban J connectivity index is 3.20. The molecular formula is C16H34N2O5. The van der Waals surface area contributed by atoms with E-state index in [4.69, 9.17) is 24.7 Å². The number of ether oxygens (including phenoxy) is 4. The first-order valence-corrected chi connectivity index (χ1v) is 8.38. The smallest absolute Gasteiger partial charge is 0.222 e. The maximum Gasteiger partial charge on any atom is 0.222 e. The number of nitrogens with one attached hydrogen (secondary N) is 1. The molecule has 0 saturated heterocycles. The van der Waals surface area contributed by atoms with Crippen LogP contribution in [0.4, 0.5) is 0 Å². The lowest BCUT2D eigenvalue weighted by Gasteiger charge is -2.17. The molecular weight excluding hydrogens is 300 g/mol. The van der Waals surface area contributed by atoms with E-state index in [-0.39, 0.29) is 11.9 Å². The summed E-state index contributed by atoms with van der Waals surface area (Å²) in [4.78, 5) is 11.6. The lowest BCUT2D eigenvalue weighted by Crippen LogP contribution is -2.36. The van der Waals surface area contributed by atoms with Gasteiger partial charge in [0.1, 0.15) is 0 Å². The molecule has 0 aromatic carbocycles. The van der Waals surface area contributed by atoms with Crippen LogP contribution in [0.3, 0.4) is 0 Å². The topological polar surface area (TPSA) is 92.0 Å². The molecule has 0 bridgehead atoms. The monoisotopic (exact) mass is 334 g/mol. The van der Waals surface area contributed by atoms with Crippen LogP contribution in [0.5, 0.6) is 0 Å². The van der Waals surface area contributed by atoms with Gasteiger partial charge in [0.25, 0.3) is 0 Å². The Morgan fingerprint density at radius 2 is 1.26 bits per heavy atom. The van der Waals surface area contributed by atoms with Crippen LogP contribution in [0.2, 0.25) is 0 Å². The minimum absolute atomic E-state index is 0.0253. The zero-order chi connectivity index (χ0) is 17.3. The van der Waals surface area contributed by atoms with E-state index >= 15 is 0 Å². The highest BCUT2D eigenvalue weighted by atomic mass is 16.6. The zero-order valence-electron chi connectivity index (χ0n) is 14.8. The Labute approximate surface area is 140 Å². The molecule has 7 nitrogen and oxygen atoms in total. The van der Waals surface area contributed by atoms with Gasteiger partial charge < -0.3 is 30.0 Å². The Kier molecular flexibility index (Phi) is 15.6. The molecule has 0 heterocycles. The molecule has 0 radical (unpaired) electrons. The number of carbonyl (C=O) groups excluding carboxylic acids is 1. The highest BCUT2D eigenvalue weighted by Gasteiger charge is 2.10. The number of nitrogens with two attached hydrogens (primary N) is 1. The van der Waals surface area contributed by atoms with E-state index in [2.05, 4.69) is 19.2 Å². The van der Waals surface area contributed by atoms with E-state index in [1.54, 1.807) is 0 Å². The second-order valence-electron chi connectivity index (χ2n) is 5.59. The molecule has 1 unspecified atom stereocenters. The first-order valence-electron chi connectivity index (χ1n) is 8.38. The maximum atomic E-state index is 11.6. The van der Waals surface area contributed by atoms with Gasteiger partial charge in [-0.2, -0.15) is 0 Å². The van der Waals surface area contributed by atoms with E-state index in [9.17, 15) is 4.79 Å². The summed E-state index contributed by atoms with van der Waals surface area (Å²) >= 11 is 0. The SMILES string of the molecule is CC(C)C(C)NC(=O)CCOCCOCCOCCOCCN. The Morgan fingerprint density at radius 3 is 1.70 bits per heavy atom. The van der Waals surface area contributed by atoms with Gasteiger partial charge in [-0.15, -0.1) is 0 Å². The Morgan fingerprint density at radius 1 is 0.826 bits per heavy atom. The molecule has 1 atom stereocenters.